The monoisotopic (exact) mass is 431 g/mol. The van der Waals surface area contributed by atoms with Gasteiger partial charge in [-0.15, -0.1) is 10.2 Å². The quantitative estimate of drug-likeness (QED) is 0.451. The predicted octanol–water partition coefficient (Wildman–Crippen LogP) is 3.41. The van der Waals surface area contributed by atoms with Crippen molar-refractivity contribution in [2.45, 2.75) is 5.16 Å². The molecule has 4 aromatic rings. The van der Waals surface area contributed by atoms with Gasteiger partial charge in [0.25, 0.3) is 0 Å². The van der Waals surface area contributed by atoms with E-state index in [-0.39, 0.29) is 5.91 Å². The molecule has 0 aliphatic carbocycles. The van der Waals surface area contributed by atoms with Crippen molar-refractivity contribution in [3.8, 4) is 22.4 Å². The smallest absolute Gasteiger partial charge is 0.233 e. The molecule has 1 saturated heterocycles. The Morgan fingerprint density at radius 2 is 1.58 bits per heavy atom. The Hall–Kier alpha value is -3.23. The van der Waals surface area contributed by atoms with Crippen LogP contribution in [0.1, 0.15) is 0 Å². The highest BCUT2D eigenvalue weighted by molar-refractivity contribution is 7.99. The van der Waals surface area contributed by atoms with Gasteiger partial charge >= 0.3 is 0 Å². The lowest BCUT2D eigenvalue weighted by Gasteiger charge is -2.26. The molecule has 0 bridgehead atoms. The molecule has 0 N–H and O–H groups in total. The summed E-state index contributed by atoms with van der Waals surface area (Å²) in [5, 5.41) is 13.7. The average Bonchev–Trinajstić information content (AvgIpc) is 3.26. The first-order valence-electron chi connectivity index (χ1n) is 10.1. The van der Waals surface area contributed by atoms with Gasteiger partial charge in [-0.25, -0.2) is 0 Å². The molecule has 1 fully saturated rings. The van der Waals surface area contributed by atoms with Gasteiger partial charge in [0.2, 0.25) is 11.1 Å². The minimum atomic E-state index is 0.0812. The van der Waals surface area contributed by atoms with E-state index in [1.807, 2.05) is 35.2 Å². The lowest BCUT2D eigenvalue weighted by molar-refractivity contribution is -0.132. The van der Waals surface area contributed by atoms with Crippen molar-refractivity contribution in [2.75, 3.05) is 32.1 Å². The van der Waals surface area contributed by atoms with Gasteiger partial charge < -0.3 is 9.64 Å². The third-order valence-corrected chi connectivity index (χ3v) is 6.11. The summed E-state index contributed by atoms with van der Waals surface area (Å²) in [7, 11) is 0. The molecule has 1 amide bonds. The highest BCUT2D eigenvalue weighted by atomic mass is 32.2. The molecule has 1 aliphatic rings. The number of hydrogen-bond acceptors (Lipinski definition) is 6. The second-order valence-electron chi connectivity index (χ2n) is 7.20. The molecule has 3 heterocycles. The maximum Gasteiger partial charge on any atom is 0.233 e. The molecule has 1 aliphatic heterocycles. The van der Waals surface area contributed by atoms with Crippen LogP contribution in [0.4, 0.5) is 0 Å². The zero-order chi connectivity index (χ0) is 21.0. The minimum Gasteiger partial charge on any atom is -0.378 e. The number of ether oxygens (including phenoxy) is 1. The Balaban J connectivity index is 1.34. The van der Waals surface area contributed by atoms with E-state index in [1.54, 1.807) is 4.52 Å². The first-order valence-corrected chi connectivity index (χ1v) is 11.1. The molecule has 0 atom stereocenters. The third-order valence-electron chi connectivity index (χ3n) is 5.21. The van der Waals surface area contributed by atoms with E-state index in [4.69, 9.17) is 9.84 Å². The number of carbonyl (C=O) groups excluding carboxylic acids is 1. The summed E-state index contributed by atoms with van der Waals surface area (Å²) in [5.41, 5.74) is 4.84. The van der Waals surface area contributed by atoms with Gasteiger partial charge in [-0.3, -0.25) is 4.79 Å². The molecule has 156 valence electrons. The second-order valence-corrected chi connectivity index (χ2v) is 8.14. The maximum atomic E-state index is 12.4. The SMILES string of the molecule is O=C(CSc1nnc2ccc(-c3ccc(-c4ccccc4)cc3)nn12)N1CCOCC1. The van der Waals surface area contributed by atoms with Crippen molar-refractivity contribution >= 4 is 23.3 Å². The molecular weight excluding hydrogens is 410 g/mol. The zero-order valence-electron chi connectivity index (χ0n) is 16.8. The third kappa shape index (κ3) is 4.30. The van der Waals surface area contributed by atoms with Crippen molar-refractivity contribution in [1.29, 1.82) is 0 Å². The van der Waals surface area contributed by atoms with Crippen LogP contribution in [-0.4, -0.2) is 62.7 Å². The van der Waals surface area contributed by atoms with Gasteiger partial charge in [-0.2, -0.15) is 9.61 Å². The molecule has 7 nitrogen and oxygen atoms in total. The van der Waals surface area contributed by atoms with Crippen LogP contribution in [0.5, 0.6) is 0 Å². The first-order chi connectivity index (χ1) is 15.3. The van der Waals surface area contributed by atoms with Gasteiger partial charge in [0.05, 0.1) is 24.7 Å². The number of carbonyl (C=O) groups is 1. The van der Waals surface area contributed by atoms with Crippen LogP contribution in [-0.2, 0) is 9.53 Å². The van der Waals surface area contributed by atoms with Crippen molar-refractivity contribution in [2.24, 2.45) is 0 Å². The largest absolute Gasteiger partial charge is 0.378 e. The fourth-order valence-corrected chi connectivity index (χ4v) is 4.30. The van der Waals surface area contributed by atoms with Gasteiger partial charge in [-0.05, 0) is 23.3 Å². The van der Waals surface area contributed by atoms with Gasteiger partial charge in [-0.1, -0.05) is 66.4 Å². The molecular formula is C23H21N5O2S. The Bertz CT molecular complexity index is 1190. The topological polar surface area (TPSA) is 72.6 Å². The molecule has 0 unspecified atom stereocenters. The van der Waals surface area contributed by atoms with Crippen molar-refractivity contribution in [3.05, 3.63) is 66.7 Å². The number of benzene rings is 2. The molecule has 8 heteroatoms. The van der Waals surface area contributed by atoms with E-state index in [1.165, 1.54) is 17.3 Å². The highest BCUT2D eigenvalue weighted by Crippen LogP contribution is 2.25. The molecule has 0 radical (unpaired) electrons. The van der Waals surface area contributed by atoms with Crippen LogP contribution in [0.2, 0.25) is 0 Å². The second kappa shape index (κ2) is 8.87. The van der Waals surface area contributed by atoms with Gasteiger partial charge in [0.1, 0.15) is 0 Å². The van der Waals surface area contributed by atoms with Gasteiger partial charge in [0, 0.05) is 18.7 Å². The lowest BCUT2D eigenvalue weighted by atomic mass is 10.0. The Morgan fingerprint density at radius 3 is 2.35 bits per heavy atom. The fourth-order valence-electron chi connectivity index (χ4n) is 3.51. The molecule has 31 heavy (non-hydrogen) atoms. The van der Waals surface area contributed by atoms with Crippen LogP contribution in [0.15, 0.2) is 71.9 Å². The van der Waals surface area contributed by atoms with E-state index in [0.717, 1.165) is 16.8 Å². The number of aromatic nitrogens is 4. The number of rotatable bonds is 5. The molecule has 5 rings (SSSR count). The van der Waals surface area contributed by atoms with Crippen LogP contribution in [0.25, 0.3) is 28.0 Å². The van der Waals surface area contributed by atoms with E-state index >= 15 is 0 Å². The zero-order valence-corrected chi connectivity index (χ0v) is 17.7. The highest BCUT2D eigenvalue weighted by Gasteiger charge is 2.18. The number of morpholine rings is 1. The fraction of sp³-hybridized carbons (Fsp3) is 0.217. The van der Waals surface area contributed by atoms with Crippen LogP contribution in [0, 0.1) is 0 Å². The van der Waals surface area contributed by atoms with Crippen molar-refractivity contribution in [3.63, 3.8) is 0 Å². The molecule has 0 spiro atoms. The van der Waals surface area contributed by atoms with Crippen LogP contribution >= 0.6 is 11.8 Å². The Labute approximate surface area is 184 Å². The maximum absolute atomic E-state index is 12.4. The number of fused-ring (bicyclic) bond motifs is 1. The summed E-state index contributed by atoms with van der Waals surface area (Å²) < 4.78 is 7.01. The van der Waals surface area contributed by atoms with Crippen molar-refractivity contribution in [1.82, 2.24) is 24.7 Å². The van der Waals surface area contributed by atoms with Gasteiger partial charge in [0.15, 0.2) is 5.65 Å². The summed E-state index contributed by atoms with van der Waals surface area (Å²) in [4.78, 5) is 14.3. The minimum absolute atomic E-state index is 0.0812. The van der Waals surface area contributed by atoms with E-state index < -0.39 is 0 Å². The molecule has 2 aromatic heterocycles. The normalized spacial score (nSPS) is 14.1. The van der Waals surface area contributed by atoms with Crippen LogP contribution in [0.3, 0.4) is 0 Å². The number of nitrogens with zero attached hydrogens (tertiary/aromatic N) is 5. The summed E-state index contributed by atoms with van der Waals surface area (Å²) in [6.45, 7) is 2.47. The average molecular weight is 432 g/mol. The van der Waals surface area contributed by atoms with E-state index in [9.17, 15) is 4.79 Å². The Kier molecular flexibility index (Phi) is 5.64. The summed E-state index contributed by atoms with van der Waals surface area (Å²) >= 11 is 1.36. The number of amides is 1. The molecule has 0 saturated carbocycles. The van der Waals surface area contributed by atoms with E-state index in [0.29, 0.717) is 42.9 Å². The lowest BCUT2D eigenvalue weighted by Crippen LogP contribution is -2.41. The van der Waals surface area contributed by atoms with E-state index in [2.05, 4.69) is 46.6 Å². The Morgan fingerprint density at radius 1 is 0.871 bits per heavy atom. The molecule has 2 aromatic carbocycles. The van der Waals surface area contributed by atoms with Crippen molar-refractivity contribution < 1.29 is 9.53 Å². The predicted molar refractivity (Wildman–Crippen MR) is 120 cm³/mol. The summed E-state index contributed by atoms with van der Waals surface area (Å²) in [6.07, 6.45) is 0. The first kappa shape index (κ1) is 19.7. The van der Waals surface area contributed by atoms with Crippen LogP contribution < -0.4 is 0 Å². The summed E-state index contributed by atoms with van der Waals surface area (Å²) in [5.74, 6) is 0.385. The number of thioether (sulfide) groups is 1. The standard InChI is InChI=1S/C23H21N5O2S/c29-22(27-12-14-30-15-13-27)16-31-23-25-24-21-11-10-20(26-28(21)23)19-8-6-18(7-9-19)17-4-2-1-3-5-17/h1-11H,12-16H2. The number of hydrogen-bond donors (Lipinski definition) is 0. The summed E-state index contributed by atoms with van der Waals surface area (Å²) in [6, 6.07) is 22.4.